The molecule has 6 nitrogen and oxygen atoms in total. The fourth-order valence-corrected chi connectivity index (χ4v) is 3.50. The van der Waals surface area contributed by atoms with Crippen LogP contribution in [0.4, 0.5) is 0 Å². The van der Waals surface area contributed by atoms with Crippen molar-refractivity contribution in [3.63, 3.8) is 0 Å². The van der Waals surface area contributed by atoms with Crippen molar-refractivity contribution >= 4 is 11.8 Å². The van der Waals surface area contributed by atoms with Gasteiger partial charge in [0.25, 0.3) is 0 Å². The zero-order valence-electron chi connectivity index (χ0n) is 18.3. The van der Waals surface area contributed by atoms with Crippen LogP contribution in [0.1, 0.15) is 44.4 Å². The van der Waals surface area contributed by atoms with Crippen LogP contribution < -0.4 is 0 Å². The summed E-state index contributed by atoms with van der Waals surface area (Å²) in [5.74, 6) is -0.126. The van der Waals surface area contributed by atoms with E-state index in [0.29, 0.717) is 13.2 Å². The number of hydrogen-bond donors (Lipinski definition) is 0. The zero-order valence-corrected chi connectivity index (χ0v) is 18.3. The highest BCUT2D eigenvalue weighted by Gasteiger charge is 2.34. The van der Waals surface area contributed by atoms with Crippen molar-refractivity contribution in [2.24, 2.45) is 7.05 Å². The Labute approximate surface area is 179 Å². The van der Waals surface area contributed by atoms with Crippen LogP contribution in [0.15, 0.2) is 48.7 Å². The second-order valence-electron chi connectivity index (χ2n) is 8.12. The van der Waals surface area contributed by atoms with Crippen LogP contribution in [0.2, 0.25) is 0 Å². The molecule has 0 bridgehead atoms. The van der Waals surface area contributed by atoms with Crippen LogP contribution in [0.25, 0.3) is 0 Å². The van der Waals surface area contributed by atoms with Gasteiger partial charge in [0, 0.05) is 31.0 Å². The molecule has 3 rings (SSSR count). The van der Waals surface area contributed by atoms with E-state index in [4.69, 9.17) is 4.74 Å². The van der Waals surface area contributed by atoms with Gasteiger partial charge in [0.05, 0.1) is 13.2 Å². The van der Waals surface area contributed by atoms with Gasteiger partial charge in [-0.15, -0.1) is 0 Å². The van der Waals surface area contributed by atoms with Crippen molar-refractivity contribution < 1.29 is 14.3 Å². The number of amides is 2. The van der Waals surface area contributed by atoms with Gasteiger partial charge in [0.2, 0.25) is 11.8 Å². The van der Waals surface area contributed by atoms with Gasteiger partial charge in [-0.2, -0.15) is 0 Å². The molecule has 0 spiro atoms. The lowest BCUT2D eigenvalue weighted by atomic mass is 10.2. The van der Waals surface area contributed by atoms with Crippen LogP contribution in [0.3, 0.4) is 0 Å². The zero-order chi connectivity index (χ0) is 21.5. The molecule has 30 heavy (non-hydrogen) atoms. The summed E-state index contributed by atoms with van der Waals surface area (Å²) in [5.41, 5.74) is 2.13. The Kier molecular flexibility index (Phi) is 7.69. The first-order valence-corrected chi connectivity index (χ1v) is 10.8. The topological polar surface area (TPSA) is 54.8 Å². The standard InChI is InChI=1S/C24H33N3O3/c1-4-19(2)26(24(29)18-30-17-20-9-6-5-7-10-20)16-23(28)27(21-12-13-21)15-22-11-8-14-25(22)3/h5-11,14,19,21H,4,12-13,15-18H2,1-3H3. The number of hydrogen-bond acceptors (Lipinski definition) is 3. The Hall–Kier alpha value is -2.60. The monoisotopic (exact) mass is 411 g/mol. The van der Waals surface area contributed by atoms with E-state index in [2.05, 4.69) is 0 Å². The molecular weight excluding hydrogens is 378 g/mol. The molecule has 1 aliphatic carbocycles. The molecule has 1 unspecified atom stereocenters. The number of benzene rings is 1. The third kappa shape index (κ3) is 5.95. The summed E-state index contributed by atoms with van der Waals surface area (Å²) < 4.78 is 7.68. The summed E-state index contributed by atoms with van der Waals surface area (Å²) in [5, 5.41) is 0. The molecule has 1 fully saturated rings. The largest absolute Gasteiger partial charge is 0.367 e. The van der Waals surface area contributed by atoms with E-state index in [1.54, 1.807) is 4.90 Å². The lowest BCUT2D eigenvalue weighted by Crippen LogP contribution is -2.48. The van der Waals surface area contributed by atoms with Crippen LogP contribution in [0.5, 0.6) is 0 Å². The number of rotatable bonds is 11. The van der Waals surface area contributed by atoms with Crippen LogP contribution in [-0.4, -0.2) is 51.4 Å². The maximum atomic E-state index is 13.2. The highest BCUT2D eigenvalue weighted by Crippen LogP contribution is 2.28. The molecule has 1 aromatic heterocycles. The molecule has 162 valence electrons. The lowest BCUT2D eigenvalue weighted by Gasteiger charge is -2.31. The number of nitrogens with zero attached hydrogens (tertiary/aromatic N) is 3. The highest BCUT2D eigenvalue weighted by atomic mass is 16.5. The Morgan fingerprint density at radius 3 is 2.47 bits per heavy atom. The van der Waals surface area contributed by atoms with E-state index in [0.717, 1.165) is 30.5 Å². The Morgan fingerprint density at radius 2 is 1.87 bits per heavy atom. The lowest BCUT2D eigenvalue weighted by molar-refractivity contribution is -0.146. The molecule has 0 aliphatic heterocycles. The second-order valence-corrected chi connectivity index (χ2v) is 8.12. The first-order valence-electron chi connectivity index (χ1n) is 10.8. The maximum Gasteiger partial charge on any atom is 0.249 e. The molecule has 0 saturated heterocycles. The number of aromatic nitrogens is 1. The third-order valence-corrected chi connectivity index (χ3v) is 5.78. The molecule has 1 aromatic carbocycles. The Morgan fingerprint density at radius 1 is 1.13 bits per heavy atom. The van der Waals surface area contributed by atoms with Gasteiger partial charge in [-0.3, -0.25) is 9.59 Å². The summed E-state index contributed by atoms with van der Waals surface area (Å²) in [4.78, 5) is 29.7. The van der Waals surface area contributed by atoms with Crippen LogP contribution in [0, 0.1) is 0 Å². The van der Waals surface area contributed by atoms with E-state index in [1.807, 2.05) is 79.0 Å². The van der Waals surface area contributed by atoms with Gasteiger partial charge in [-0.05, 0) is 43.9 Å². The number of carbonyl (C=O) groups is 2. The molecule has 1 saturated carbocycles. The van der Waals surface area contributed by atoms with Crippen molar-refractivity contribution in [1.29, 1.82) is 0 Å². The van der Waals surface area contributed by atoms with Crippen molar-refractivity contribution in [2.45, 2.75) is 58.3 Å². The first-order chi connectivity index (χ1) is 14.5. The first kappa shape index (κ1) is 22.1. The number of aryl methyl sites for hydroxylation is 1. The minimum Gasteiger partial charge on any atom is -0.367 e. The normalized spacial score (nSPS) is 14.4. The molecule has 2 aromatic rings. The predicted molar refractivity (Wildman–Crippen MR) is 117 cm³/mol. The van der Waals surface area contributed by atoms with Crippen LogP contribution >= 0.6 is 0 Å². The van der Waals surface area contributed by atoms with Gasteiger partial charge >= 0.3 is 0 Å². The fourth-order valence-electron chi connectivity index (χ4n) is 3.50. The van der Waals surface area contributed by atoms with Gasteiger partial charge in [0.15, 0.2) is 0 Å². The van der Waals surface area contributed by atoms with Gasteiger partial charge in [0.1, 0.15) is 13.2 Å². The quantitative estimate of drug-likeness (QED) is 0.570. The predicted octanol–water partition coefficient (Wildman–Crippen LogP) is 3.36. The summed E-state index contributed by atoms with van der Waals surface area (Å²) in [6.45, 7) is 5.07. The summed E-state index contributed by atoms with van der Waals surface area (Å²) in [6, 6.07) is 14.1. The van der Waals surface area contributed by atoms with E-state index in [9.17, 15) is 9.59 Å². The Balaban J connectivity index is 1.60. The third-order valence-electron chi connectivity index (χ3n) is 5.78. The molecular formula is C24H33N3O3. The molecule has 1 heterocycles. The molecule has 1 atom stereocenters. The summed E-state index contributed by atoms with van der Waals surface area (Å²) in [6.07, 6.45) is 4.85. The van der Waals surface area contributed by atoms with Crippen molar-refractivity contribution in [1.82, 2.24) is 14.4 Å². The average Bonchev–Trinajstić information content (AvgIpc) is 3.51. The van der Waals surface area contributed by atoms with E-state index < -0.39 is 0 Å². The molecule has 6 heteroatoms. The smallest absolute Gasteiger partial charge is 0.249 e. The van der Waals surface area contributed by atoms with E-state index >= 15 is 0 Å². The van der Waals surface area contributed by atoms with Gasteiger partial charge in [-0.1, -0.05) is 37.3 Å². The minimum absolute atomic E-state index is 0.00964. The molecule has 0 N–H and O–H groups in total. The van der Waals surface area contributed by atoms with Crippen LogP contribution in [-0.2, 0) is 34.5 Å². The molecule has 0 radical (unpaired) electrons. The van der Waals surface area contributed by atoms with E-state index in [1.165, 1.54) is 0 Å². The van der Waals surface area contributed by atoms with Gasteiger partial charge in [-0.25, -0.2) is 0 Å². The Bertz CT molecular complexity index is 829. The summed E-state index contributed by atoms with van der Waals surface area (Å²) in [7, 11) is 1.99. The van der Waals surface area contributed by atoms with Crippen molar-refractivity contribution in [3.8, 4) is 0 Å². The van der Waals surface area contributed by atoms with Crippen molar-refractivity contribution in [2.75, 3.05) is 13.2 Å². The molecule has 2 amide bonds. The number of carbonyl (C=O) groups excluding carboxylic acids is 2. The highest BCUT2D eigenvalue weighted by molar-refractivity contribution is 5.86. The molecule has 1 aliphatic rings. The fraction of sp³-hybridized carbons (Fsp3) is 0.500. The SMILES string of the molecule is CCC(C)N(CC(=O)N(Cc1cccn1C)C1CC1)C(=O)COCc1ccccc1. The van der Waals surface area contributed by atoms with E-state index in [-0.39, 0.29) is 37.0 Å². The van der Waals surface area contributed by atoms with Crippen molar-refractivity contribution in [3.05, 3.63) is 59.9 Å². The van der Waals surface area contributed by atoms with Gasteiger partial charge < -0.3 is 19.1 Å². The minimum atomic E-state index is -0.136. The number of ether oxygens (including phenoxy) is 1. The summed E-state index contributed by atoms with van der Waals surface area (Å²) >= 11 is 0. The average molecular weight is 412 g/mol. The maximum absolute atomic E-state index is 13.2. The second kappa shape index (κ2) is 10.4.